The first-order valence-corrected chi connectivity index (χ1v) is 9.80. The van der Waals surface area contributed by atoms with Gasteiger partial charge in [0.2, 0.25) is 11.8 Å². The van der Waals surface area contributed by atoms with Gasteiger partial charge in [-0.15, -0.1) is 13.2 Å². The number of carbonyl (C=O) groups is 2. The number of ether oxygens (including phenoxy) is 1. The standard InChI is InChI=1S/C21H18ClF3N2O3/c22-14-6-4-13(5-7-14)20(9-10-20)19(29)26-17-8-11-27(18(17)28)15-2-1-3-16(12-15)30-21(23,24)25/h1-7,12,17H,8-11H2,(H,26,29). The lowest BCUT2D eigenvalue weighted by Crippen LogP contribution is -2.45. The molecule has 158 valence electrons. The monoisotopic (exact) mass is 438 g/mol. The van der Waals surface area contributed by atoms with Crippen LogP contribution in [0.2, 0.25) is 5.02 Å². The van der Waals surface area contributed by atoms with E-state index in [4.69, 9.17) is 11.6 Å². The van der Waals surface area contributed by atoms with Crippen molar-refractivity contribution in [3.63, 3.8) is 0 Å². The molecule has 0 spiro atoms. The number of hydrogen-bond acceptors (Lipinski definition) is 3. The molecular formula is C21H18ClF3N2O3. The van der Waals surface area contributed by atoms with Crippen LogP contribution in [0.3, 0.4) is 0 Å². The van der Waals surface area contributed by atoms with Crippen molar-refractivity contribution >= 4 is 29.1 Å². The van der Waals surface area contributed by atoms with Crippen molar-refractivity contribution in [2.45, 2.75) is 37.1 Å². The van der Waals surface area contributed by atoms with Gasteiger partial charge in [0.25, 0.3) is 0 Å². The highest BCUT2D eigenvalue weighted by Gasteiger charge is 2.52. The molecule has 0 bridgehead atoms. The van der Waals surface area contributed by atoms with Crippen LogP contribution in [-0.2, 0) is 15.0 Å². The van der Waals surface area contributed by atoms with Gasteiger partial charge >= 0.3 is 6.36 Å². The summed E-state index contributed by atoms with van der Waals surface area (Å²) >= 11 is 5.92. The summed E-state index contributed by atoms with van der Waals surface area (Å²) in [4.78, 5) is 27.1. The summed E-state index contributed by atoms with van der Waals surface area (Å²) in [6, 6.07) is 11.6. The number of rotatable bonds is 5. The molecule has 1 unspecified atom stereocenters. The Bertz CT molecular complexity index is 974. The molecule has 30 heavy (non-hydrogen) atoms. The van der Waals surface area contributed by atoms with Crippen LogP contribution in [0.25, 0.3) is 0 Å². The molecule has 2 aromatic carbocycles. The maximum Gasteiger partial charge on any atom is 0.573 e. The second-order valence-corrected chi connectivity index (χ2v) is 7.88. The Morgan fingerprint density at radius 3 is 2.50 bits per heavy atom. The largest absolute Gasteiger partial charge is 0.573 e. The highest BCUT2D eigenvalue weighted by Crippen LogP contribution is 2.48. The number of alkyl halides is 3. The lowest BCUT2D eigenvalue weighted by atomic mass is 9.94. The summed E-state index contributed by atoms with van der Waals surface area (Å²) in [6.07, 6.45) is -3.08. The van der Waals surface area contributed by atoms with Gasteiger partial charge in [-0.1, -0.05) is 29.8 Å². The lowest BCUT2D eigenvalue weighted by Gasteiger charge is -2.21. The van der Waals surface area contributed by atoms with Crippen molar-refractivity contribution in [3.05, 3.63) is 59.1 Å². The molecule has 1 heterocycles. The summed E-state index contributed by atoms with van der Waals surface area (Å²) in [5.41, 5.74) is 0.486. The molecule has 2 aliphatic rings. The molecule has 1 aliphatic carbocycles. The first kappa shape index (κ1) is 20.5. The quantitative estimate of drug-likeness (QED) is 0.761. The molecule has 2 amide bonds. The Morgan fingerprint density at radius 1 is 1.17 bits per heavy atom. The lowest BCUT2D eigenvalue weighted by molar-refractivity contribution is -0.274. The van der Waals surface area contributed by atoms with Gasteiger partial charge in [0.15, 0.2) is 0 Å². The molecular weight excluding hydrogens is 421 g/mol. The first-order valence-electron chi connectivity index (χ1n) is 9.42. The van der Waals surface area contributed by atoms with E-state index in [2.05, 4.69) is 10.1 Å². The van der Waals surface area contributed by atoms with Crippen molar-refractivity contribution in [1.82, 2.24) is 5.32 Å². The molecule has 1 atom stereocenters. The van der Waals surface area contributed by atoms with Gasteiger partial charge in [-0.25, -0.2) is 0 Å². The van der Waals surface area contributed by atoms with Crippen molar-refractivity contribution in [2.75, 3.05) is 11.4 Å². The summed E-state index contributed by atoms with van der Waals surface area (Å²) in [6.45, 7) is 0.285. The van der Waals surface area contributed by atoms with Crippen LogP contribution in [0.5, 0.6) is 5.75 Å². The first-order chi connectivity index (χ1) is 14.2. The van der Waals surface area contributed by atoms with Gasteiger partial charge in [0.1, 0.15) is 11.8 Å². The zero-order valence-electron chi connectivity index (χ0n) is 15.7. The molecule has 1 saturated heterocycles. The third-order valence-corrected chi connectivity index (χ3v) is 5.71. The maximum absolute atomic E-state index is 12.9. The van der Waals surface area contributed by atoms with Gasteiger partial charge in [-0.05, 0) is 49.1 Å². The fraction of sp³-hybridized carbons (Fsp3) is 0.333. The van der Waals surface area contributed by atoms with E-state index in [9.17, 15) is 22.8 Å². The summed E-state index contributed by atoms with van der Waals surface area (Å²) in [7, 11) is 0. The van der Waals surface area contributed by atoms with Crippen LogP contribution >= 0.6 is 11.6 Å². The minimum absolute atomic E-state index is 0.223. The zero-order chi connectivity index (χ0) is 21.5. The number of halogens is 4. The number of amides is 2. The number of hydrogen-bond donors (Lipinski definition) is 1. The predicted molar refractivity (Wildman–Crippen MR) is 104 cm³/mol. The van der Waals surface area contributed by atoms with Crippen molar-refractivity contribution in [3.8, 4) is 5.75 Å². The highest BCUT2D eigenvalue weighted by molar-refractivity contribution is 6.30. The molecule has 9 heteroatoms. The Morgan fingerprint density at radius 2 is 1.87 bits per heavy atom. The van der Waals surface area contributed by atoms with Crippen LogP contribution in [0, 0.1) is 0 Å². The van der Waals surface area contributed by atoms with E-state index < -0.39 is 23.6 Å². The topological polar surface area (TPSA) is 58.6 Å². The molecule has 1 aliphatic heterocycles. The summed E-state index contributed by atoms with van der Waals surface area (Å²) < 4.78 is 41.3. The number of nitrogens with zero attached hydrogens (tertiary/aromatic N) is 1. The average Bonchev–Trinajstić information content (AvgIpc) is 3.41. The van der Waals surface area contributed by atoms with Crippen molar-refractivity contribution in [1.29, 1.82) is 0 Å². The van der Waals surface area contributed by atoms with Gasteiger partial charge in [-0.3, -0.25) is 9.59 Å². The van der Waals surface area contributed by atoms with Gasteiger partial charge < -0.3 is 15.0 Å². The Balaban J connectivity index is 1.45. The van der Waals surface area contributed by atoms with E-state index in [-0.39, 0.29) is 24.0 Å². The van der Waals surface area contributed by atoms with Crippen LogP contribution in [0.1, 0.15) is 24.8 Å². The molecule has 0 radical (unpaired) electrons. The number of carbonyl (C=O) groups excluding carboxylic acids is 2. The maximum atomic E-state index is 12.9. The Kier molecular flexibility index (Phi) is 5.13. The third-order valence-electron chi connectivity index (χ3n) is 5.46. The van der Waals surface area contributed by atoms with Crippen molar-refractivity contribution in [2.24, 2.45) is 0 Å². The SMILES string of the molecule is O=C1C(NC(=O)C2(c3ccc(Cl)cc3)CC2)CCN1c1cccc(OC(F)(F)F)c1. The predicted octanol–water partition coefficient (Wildman–Crippen LogP) is 4.19. The Hall–Kier alpha value is -2.74. The van der Waals surface area contributed by atoms with Gasteiger partial charge in [0.05, 0.1) is 5.41 Å². The molecule has 4 rings (SSSR count). The Labute approximate surface area is 175 Å². The number of anilines is 1. The van der Waals surface area contributed by atoms with Crippen molar-refractivity contribution < 1.29 is 27.5 Å². The fourth-order valence-corrected chi connectivity index (χ4v) is 3.88. The van der Waals surface area contributed by atoms with Crippen LogP contribution < -0.4 is 15.0 Å². The highest BCUT2D eigenvalue weighted by atomic mass is 35.5. The van der Waals surface area contributed by atoms with Gasteiger partial charge in [0, 0.05) is 23.3 Å². The van der Waals surface area contributed by atoms with E-state index in [1.807, 2.05) is 12.1 Å². The van der Waals surface area contributed by atoms with E-state index in [0.29, 0.717) is 24.3 Å². The second-order valence-electron chi connectivity index (χ2n) is 7.44. The van der Waals surface area contributed by atoms with Crippen LogP contribution in [-0.4, -0.2) is 30.8 Å². The molecule has 2 aromatic rings. The minimum Gasteiger partial charge on any atom is -0.406 e. The van der Waals surface area contributed by atoms with E-state index in [0.717, 1.165) is 11.6 Å². The molecule has 5 nitrogen and oxygen atoms in total. The minimum atomic E-state index is -4.82. The average molecular weight is 439 g/mol. The third kappa shape index (κ3) is 4.09. The molecule has 1 saturated carbocycles. The molecule has 1 N–H and O–H groups in total. The smallest absolute Gasteiger partial charge is 0.406 e. The van der Waals surface area contributed by atoms with Crippen LogP contribution in [0.15, 0.2) is 48.5 Å². The fourth-order valence-electron chi connectivity index (χ4n) is 3.76. The van der Waals surface area contributed by atoms with Gasteiger partial charge in [-0.2, -0.15) is 0 Å². The normalized spacial score (nSPS) is 20.2. The summed E-state index contributed by atoms with van der Waals surface area (Å²) in [5, 5.41) is 3.40. The van der Waals surface area contributed by atoms with E-state index in [1.165, 1.54) is 23.1 Å². The number of nitrogens with one attached hydrogen (secondary N) is 1. The van der Waals surface area contributed by atoms with E-state index >= 15 is 0 Å². The second kappa shape index (κ2) is 7.50. The summed E-state index contributed by atoms with van der Waals surface area (Å²) in [5.74, 6) is -0.987. The molecule has 0 aromatic heterocycles. The van der Waals surface area contributed by atoms with E-state index in [1.54, 1.807) is 12.1 Å². The zero-order valence-corrected chi connectivity index (χ0v) is 16.5. The number of benzene rings is 2. The molecule has 2 fully saturated rings. The van der Waals surface area contributed by atoms with Crippen LogP contribution in [0.4, 0.5) is 18.9 Å².